The predicted octanol–water partition coefficient (Wildman–Crippen LogP) is 6.22. The van der Waals surface area contributed by atoms with Crippen LogP contribution in [0.1, 0.15) is 28.4 Å². The summed E-state index contributed by atoms with van der Waals surface area (Å²) in [6, 6.07) is 25.8. The molecule has 0 heterocycles. The number of alkyl halides is 3. The number of amides is 1. The van der Waals surface area contributed by atoms with Crippen molar-refractivity contribution in [2.75, 3.05) is 11.9 Å². The Bertz CT molecular complexity index is 1540. The summed E-state index contributed by atoms with van der Waals surface area (Å²) in [7, 11) is 0. The average molecular weight is 579 g/mol. The number of hydrogen-bond donors (Lipinski definition) is 3. The van der Waals surface area contributed by atoms with Crippen molar-refractivity contribution in [2.24, 2.45) is 0 Å². The Balaban J connectivity index is 1.57. The molecule has 0 aliphatic rings. The lowest BCUT2D eigenvalue weighted by atomic mass is 10.0. The van der Waals surface area contributed by atoms with E-state index in [0.29, 0.717) is 5.69 Å². The molecule has 3 N–H and O–H groups in total. The molecule has 0 saturated carbocycles. The first-order valence-electron chi connectivity index (χ1n) is 12.7. The van der Waals surface area contributed by atoms with Gasteiger partial charge in [0, 0.05) is 17.8 Å². The third kappa shape index (κ3) is 8.59. The van der Waals surface area contributed by atoms with Crippen molar-refractivity contribution >= 4 is 23.5 Å². The number of benzene rings is 4. The molecular weight excluding hydrogens is 553 g/mol. The number of esters is 1. The van der Waals surface area contributed by atoms with Crippen LogP contribution in [0, 0.1) is 0 Å². The zero-order valence-electron chi connectivity index (χ0n) is 21.9. The van der Waals surface area contributed by atoms with Crippen LogP contribution < -0.4 is 20.1 Å². The average Bonchev–Trinajstić information content (AvgIpc) is 2.96. The van der Waals surface area contributed by atoms with E-state index in [-0.39, 0.29) is 29.8 Å². The fourth-order valence-corrected chi connectivity index (χ4v) is 3.98. The standard InChI is InChI=1S/C31H25F3N2O6/c32-31(33,34)42-26-11-5-9-23(19-26)28(36-24-14-12-21(13-15-24)29(39)35-17-16-27(37)38)30(40)41-25-10-4-8-22(18-25)20-6-2-1-3-7-20/h1-15,18-19,28,36H,16-17H2,(H,35,39)(H,37,38). The highest BCUT2D eigenvalue weighted by Crippen LogP contribution is 2.30. The SMILES string of the molecule is O=C(O)CCNC(=O)c1ccc(NC(C(=O)Oc2cccc(-c3ccccc3)c2)c2cccc(OC(F)(F)F)c2)cc1. The lowest BCUT2D eigenvalue weighted by Gasteiger charge is -2.20. The minimum atomic E-state index is -4.93. The van der Waals surface area contributed by atoms with Crippen molar-refractivity contribution < 1.29 is 42.1 Å². The molecular formula is C31H25F3N2O6. The number of carbonyl (C=O) groups is 3. The molecule has 4 aromatic rings. The predicted molar refractivity (Wildman–Crippen MR) is 148 cm³/mol. The molecule has 1 atom stereocenters. The van der Waals surface area contributed by atoms with Crippen LogP contribution in [0.3, 0.4) is 0 Å². The van der Waals surface area contributed by atoms with Crippen molar-refractivity contribution in [2.45, 2.75) is 18.8 Å². The summed E-state index contributed by atoms with van der Waals surface area (Å²) >= 11 is 0. The van der Waals surface area contributed by atoms with Crippen LogP contribution in [0.15, 0.2) is 103 Å². The fourth-order valence-electron chi connectivity index (χ4n) is 3.98. The van der Waals surface area contributed by atoms with Gasteiger partial charge in [-0.15, -0.1) is 13.2 Å². The summed E-state index contributed by atoms with van der Waals surface area (Å²) in [6.07, 6.45) is -5.17. The zero-order chi connectivity index (χ0) is 30.1. The normalized spacial score (nSPS) is 11.7. The first kappa shape index (κ1) is 29.7. The van der Waals surface area contributed by atoms with Gasteiger partial charge in [0.1, 0.15) is 11.5 Å². The van der Waals surface area contributed by atoms with E-state index in [2.05, 4.69) is 15.4 Å². The number of aliphatic carboxylic acids is 1. The van der Waals surface area contributed by atoms with Crippen LogP contribution in [0.25, 0.3) is 11.1 Å². The van der Waals surface area contributed by atoms with Crippen LogP contribution in [-0.2, 0) is 9.59 Å². The molecule has 0 aliphatic heterocycles. The van der Waals surface area contributed by atoms with E-state index in [4.69, 9.17) is 9.84 Å². The van der Waals surface area contributed by atoms with Gasteiger partial charge in [-0.05, 0) is 65.2 Å². The summed E-state index contributed by atoms with van der Waals surface area (Å²) in [5.41, 5.74) is 2.43. The number of rotatable bonds is 11. The smallest absolute Gasteiger partial charge is 0.481 e. The van der Waals surface area contributed by atoms with Crippen molar-refractivity contribution in [1.29, 1.82) is 0 Å². The molecule has 8 nitrogen and oxygen atoms in total. The van der Waals surface area contributed by atoms with Gasteiger partial charge in [0.05, 0.1) is 6.42 Å². The number of carboxylic acids is 1. The highest BCUT2D eigenvalue weighted by atomic mass is 19.4. The summed E-state index contributed by atoms with van der Waals surface area (Å²) in [5.74, 6) is -2.64. The molecule has 4 rings (SSSR count). The summed E-state index contributed by atoms with van der Waals surface area (Å²) in [5, 5.41) is 14.2. The van der Waals surface area contributed by atoms with Gasteiger partial charge in [-0.25, -0.2) is 4.79 Å². The van der Waals surface area contributed by atoms with Crippen molar-refractivity contribution in [3.05, 3.63) is 114 Å². The first-order valence-corrected chi connectivity index (χ1v) is 12.7. The maximum Gasteiger partial charge on any atom is 0.573 e. The molecule has 0 spiro atoms. The highest BCUT2D eigenvalue weighted by Gasteiger charge is 2.32. The molecule has 0 radical (unpaired) electrons. The maximum atomic E-state index is 13.5. The third-order valence-corrected chi connectivity index (χ3v) is 5.90. The molecule has 0 bridgehead atoms. The van der Waals surface area contributed by atoms with E-state index in [0.717, 1.165) is 23.3 Å². The Morgan fingerprint density at radius 1 is 0.786 bits per heavy atom. The monoisotopic (exact) mass is 578 g/mol. The molecule has 42 heavy (non-hydrogen) atoms. The second kappa shape index (κ2) is 13.4. The van der Waals surface area contributed by atoms with Crippen LogP contribution in [0.4, 0.5) is 18.9 Å². The van der Waals surface area contributed by atoms with E-state index >= 15 is 0 Å². The van der Waals surface area contributed by atoms with Crippen LogP contribution in [0.5, 0.6) is 11.5 Å². The van der Waals surface area contributed by atoms with Gasteiger partial charge in [0.15, 0.2) is 6.04 Å². The van der Waals surface area contributed by atoms with E-state index in [1.54, 1.807) is 18.2 Å². The Morgan fingerprint density at radius 2 is 1.45 bits per heavy atom. The first-order chi connectivity index (χ1) is 20.1. The number of hydrogen-bond acceptors (Lipinski definition) is 6. The number of halogens is 3. The number of nitrogens with one attached hydrogen (secondary N) is 2. The number of carbonyl (C=O) groups excluding carboxylic acids is 2. The highest BCUT2D eigenvalue weighted by molar-refractivity contribution is 5.94. The van der Waals surface area contributed by atoms with Gasteiger partial charge in [0.2, 0.25) is 0 Å². The number of anilines is 1. The maximum absolute atomic E-state index is 13.5. The van der Waals surface area contributed by atoms with Gasteiger partial charge >= 0.3 is 18.3 Å². The number of carboxylic acid groups (broad SMARTS) is 1. The van der Waals surface area contributed by atoms with Crippen molar-refractivity contribution in [3.8, 4) is 22.6 Å². The second-order valence-corrected chi connectivity index (χ2v) is 8.99. The second-order valence-electron chi connectivity index (χ2n) is 8.99. The Labute approximate surface area is 238 Å². The molecule has 0 aliphatic carbocycles. The molecule has 1 amide bonds. The summed E-state index contributed by atoms with van der Waals surface area (Å²) in [6.45, 7) is -0.0517. The molecule has 11 heteroatoms. The third-order valence-electron chi connectivity index (χ3n) is 5.90. The van der Waals surface area contributed by atoms with Gasteiger partial charge in [-0.1, -0.05) is 54.6 Å². The van der Waals surface area contributed by atoms with E-state index in [9.17, 15) is 27.6 Å². The van der Waals surface area contributed by atoms with E-state index in [1.807, 2.05) is 36.4 Å². The quantitative estimate of drug-likeness (QED) is 0.143. The lowest BCUT2D eigenvalue weighted by molar-refractivity contribution is -0.274. The van der Waals surface area contributed by atoms with Gasteiger partial charge in [0.25, 0.3) is 5.91 Å². The fraction of sp³-hybridized carbons (Fsp3) is 0.129. The topological polar surface area (TPSA) is 114 Å². The molecule has 216 valence electrons. The Morgan fingerprint density at radius 3 is 2.14 bits per heavy atom. The minimum Gasteiger partial charge on any atom is -0.481 e. The van der Waals surface area contributed by atoms with Gasteiger partial charge in [-0.3, -0.25) is 9.59 Å². The minimum absolute atomic E-state index is 0.0517. The lowest BCUT2D eigenvalue weighted by Crippen LogP contribution is -2.27. The molecule has 4 aromatic carbocycles. The van der Waals surface area contributed by atoms with E-state index in [1.165, 1.54) is 36.4 Å². The molecule has 1 unspecified atom stereocenters. The van der Waals surface area contributed by atoms with Crippen molar-refractivity contribution in [3.63, 3.8) is 0 Å². The van der Waals surface area contributed by atoms with Crippen LogP contribution >= 0.6 is 0 Å². The largest absolute Gasteiger partial charge is 0.573 e. The molecule has 0 saturated heterocycles. The summed E-state index contributed by atoms with van der Waals surface area (Å²) in [4.78, 5) is 36.4. The van der Waals surface area contributed by atoms with E-state index < -0.39 is 36.0 Å². The van der Waals surface area contributed by atoms with Gasteiger partial charge < -0.3 is 25.2 Å². The van der Waals surface area contributed by atoms with Crippen molar-refractivity contribution in [1.82, 2.24) is 5.32 Å². The molecule has 0 aromatic heterocycles. The van der Waals surface area contributed by atoms with Crippen LogP contribution in [-0.4, -0.2) is 35.9 Å². The Kier molecular flexibility index (Phi) is 9.43. The summed E-state index contributed by atoms with van der Waals surface area (Å²) < 4.78 is 48.3. The van der Waals surface area contributed by atoms with Crippen LogP contribution in [0.2, 0.25) is 0 Å². The van der Waals surface area contributed by atoms with Gasteiger partial charge in [-0.2, -0.15) is 0 Å². The number of ether oxygens (including phenoxy) is 2. The molecule has 0 fully saturated rings. The zero-order valence-corrected chi connectivity index (χ0v) is 21.9. The Hall–Kier alpha value is -5.32.